The van der Waals surface area contributed by atoms with Crippen LogP contribution in [0.3, 0.4) is 0 Å². The predicted octanol–water partition coefficient (Wildman–Crippen LogP) is 4.00. The lowest BCUT2D eigenvalue weighted by Crippen LogP contribution is -2.43. The zero-order valence-corrected chi connectivity index (χ0v) is 17.1. The second-order valence-corrected chi connectivity index (χ2v) is 7.56. The van der Waals surface area contributed by atoms with Crippen LogP contribution in [0, 0.1) is 0 Å². The highest BCUT2D eigenvalue weighted by molar-refractivity contribution is 9.10. The first kappa shape index (κ1) is 19.7. The van der Waals surface area contributed by atoms with Gasteiger partial charge in [0.1, 0.15) is 5.75 Å². The number of carbonyl (C=O) groups excluding carboxylic acids is 2. The molecule has 0 N–H and O–H groups in total. The molecule has 142 valence electrons. The van der Waals surface area contributed by atoms with Gasteiger partial charge in [0.15, 0.2) is 12.7 Å². The second-order valence-electron chi connectivity index (χ2n) is 6.27. The molecule has 0 saturated carbocycles. The van der Waals surface area contributed by atoms with E-state index in [9.17, 15) is 9.59 Å². The van der Waals surface area contributed by atoms with Crippen LogP contribution in [0.1, 0.15) is 18.1 Å². The Labute approximate surface area is 171 Å². The summed E-state index contributed by atoms with van der Waals surface area (Å²) < 4.78 is 11.3. The quantitative estimate of drug-likeness (QED) is 0.644. The summed E-state index contributed by atoms with van der Waals surface area (Å²) in [6.07, 6.45) is -0.0592. The summed E-state index contributed by atoms with van der Waals surface area (Å²) in [4.78, 5) is 26.3. The molecule has 1 aliphatic rings. The number of rotatable bonds is 5. The van der Waals surface area contributed by atoms with Crippen LogP contribution in [0.4, 0.5) is 0 Å². The molecule has 2 aromatic carbocycles. The highest BCUT2D eigenvalue weighted by atomic mass is 79.9. The van der Waals surface area contributed by atoms with Gasteiger partial charge in [0.2, 0.25) is 0 Å². The minimum Gasteiger partial charge on any atom is -0.481 e. The highest BCUT2D eigenvalue weighted by Crippen LogP contribution is 2.28. The standard InChI is InChI=1S/C20H19BrClNO4/c1-13(20(25)23-9-8-14-4-2-3-5-15(14)11-23)27-19(24)12-26-18-7-6-16(22)10-17(18)21/h2-7,10,13H,8-9,11-12H2,1H3/t13-/m0/s1. The number of carbonyl (C=O) groups is 2. The molecule has 0 radical (unpaired) electrons. The number of benzene rings is 2. The number of fused-ring (bicyclic) bond motifs is 1. The lowest BCUT2D eigenvalue weighted by atomic mass is 9.99. The third-order valence-electron chi connectivity index (χ3n) is 4.34. The van der Waals surface area contributed by atoms with Crippen molar-refractivity contribution in [2.75, 3.05) is 13.2 Å². The first-order valence-electron chi connectivity index (χ1n) is 8.57. The van der Waals surface area contributed by atoms with Crippen molar-refractivity contribution in [3.8, 4) is 5.75 Å². The minimum absolute atomic E-state index is 0.203. The van der Waals surface area contributed by atoms with E-state index in [4.69, 9.17) is 21.1 Å². The van der Waals surface area contributed by atoms with Crippen LogP contribution in [0.5, 0.6) is 5.75 Å². The van der Waals surface area contributed by atoms with Crippen LogP contribution >= 0.6 is 27.5 Å². The average Bonchev–Trinajstić information content (AvgIpc) is 2.66. The molecule has 1 amide bonds. The maximum absolute atomic E-state index is 12.6. The smallest absolute Gasteiger partial charge is 0.344 e. The first-order chi connectivity index (χ1) is 12.9. The lowest BCUT2D eigenvalue weighted by Gasteiger charge is -2.30. The van der Waals surface area contributed by atoms with Crippen LogP contribution < -0.4 is 4.74 Å². The van der Waals surface area contributed by atoms with Crippen LogP contribution in [-0.2, 0) is 27.3 Å². The monoisotopic (exact) mass is 451 g/mol. The van der Waals surface area contributed by atoms with Gasteiger partial charge < -0.3 is 14.4 Å². The fourth-order valence-corrected chi connectivity index (χ4v) is 3.75. The van der Waals surface area contributed by atoms with Crippen molar-refractivity contribution < 1.29 is 19.1 Å². The van der Waals surface area contributed by atoms with Gasteiger partial charge >= 0.3 is 5.97 Å². The van der Waals surface area contributed by atoms with Crippen molar-refractivity contribution >= 4 is 39.4 Å². The molecule has 1 aliphatic heterocycles. The zero-order chi connectivity index (χ0) is 19.4. The minimum atomic E-state index is -0.861. The van der Waals surface area contributed by atoms with E-state index in [2.05, 4.69) is 22.0 Å². The Morgan fingerprint density at radius 1 is 1.22 bits per heavy atom. The number of hydrogen-bond acceptors (Lipinski definition) is 4. The van der Waals surface area contributed by atoms with Crippen LogP contribution in [-0.4, -0.2) is 36.0 Å². The molecule has 0 saturated heterocycles. The Morgan fingerprint density at radius 2 is 1.96 bits per heavy atom. The molecule has 0 bridgehead atoms. The highest BCUT2D eigenvalue weighted by Gasteiger charge is 2.27. The van der Waals surface area contributed by atoms with Crippen molar-refractivity contribution in [2.24, 2.45) is 0 Å². The Balaban J connectivity index is 1.51. The van der Waals surface area contributed by atoms with Crippen molar-refractivity contribution in [3.63, 3.8) is 0 Å². The normalized spacial score (nSPS) is 14.3. The molecule has 0 fully saturated rings. The Hall–Kier alpha value is -2.05. The number of hydrogen-bond donors (Lipinski definition) is 0. The van der Waals surface area contributed by atoms with E-state index in [1.165, 1.54) is 5.56 Å². The number of nitrogens with zero attached hydrogens (tertiary/aromatic N) is 1. The van der Waals surface area contributed by atoms with Crippen LogP contribution in [0.2, 0.25) is 5.02 Å². The predicted molar refractivity (Wildman–Crippen MR) is 106 cm³/mol. The molecule has 5 nitrogen and oxygen atoms in total. The molecule has 2 aromatic rings. The third-order valence-corrected chi connectivity index (χ3v) is 5.19. The lowest BCUT2D eigenvalue weighted by molar-refractivity contribution is -0.161. The second kappa shape index (κ2) is 8.76. The van der Waals surface area contributed by atoms with Crippen molar-refractivity contribution in [2.45, 2.75) is 26.0 Å². The molecule has 0 unspecified atom stereocenters. The molecule has 1 heterocycles. The van der Waals surface area contributed by atoms with Gasteiger partial charge in [0, 0.05) is 18.1 Å². The Morgan fingerprint density at radius 3 is 2.70 bits per heavy atom. The van der Waals surface area contributed by atoms with Gasteiger partial charge in [-0.1, -0.05) is 35.9 Å². The molecule has 0 aliphatic carbocycles. The van der Waals surface area contributed by atoms with E-state index in [1.807, 2.05) is 18.2 Å². The number of esters is 1. The van der Waals surface area contributed by atoms with Gasteiger partial charge in [-0.2, -0.15) is 0 Å². The van der Waals surface area contributed by atoms with Gasteiger partial charge in [-0.25, -0.2) is 4.79 Å². The molecule has 0 aromatic heterocycles. The van der Waals surface area contributed by atoms with Gasteiger partial charge in [0.25, 0.3) is 5.91 Å². The molecule has 27 heavy (non-hydrogen) atoms. The molecule has 0 spiro atoms. The molecular formula is C20H19BrClNO4. The van der Waals surface area contributed by atoms with Crippen molar-refractivity contribution in [3.05, 3.63) is 63.1 Å². The van der Waals surface area contributed by atoms with E-state index in [0.29, 0.717) is 28.3 Å². The SMILES string of the molecule is C[C@H](OC(=O)COc1ccc(Cl)cc1Br)C(=O)N1CCc2ccccc2C1. The van der Waals surface area contributed by atoms with Crippen molar-refractivity contribution in [1.82, 2.24) is 4.90 Å². The van der Waals surface area contributed by atoms with E-state index in [-0.39, 0.29) is 12.5 Å². The Kier molecular flexibility index (Phi) is 6.39. The summed E-state index contributed by atoms with van der Waals surface area (Å²) in [5.74, 6) is -0.330. The van der Waals surface area contributed by atoms with Crippen molar-refractivity contribution in [1.29, 1.82) is 0 Å². The average molecular weight is 453 g/mol. The Bertz CT molecular complexity index is 858. The van der Waals surface area contributed by atoms with Crippen LogP contribution in [0.15, 0.2) is 46.9 Å². The maximum atomic E-state index is 12.6. The van der Waals surface area contributed by atoms with Gasteiger partial charge in [0.05, 0.1) is 4.47 Å². The maximum Gasteiger partial charge on any atom is 0.344 e. The summed E-state index contributed by atoms with van der Waals surface area (Å²) in [5.41, 5.74) is 2.39. The largest absolute Gasteiger partial charge is 0.481 e. The molecule has 1 atom stereocenters. The van der Waals surface area contributed by atoms with Crippen LogP contribution in [0.25, 0.3) is 0 Å². The first-order valence-corrected chi connectivity index (χ1v) is 9.74. The summed E-state index contributed by atoms with van der Waals surface area (Å²) in [7, 11) is 0. The summed E-state index contributed by atoms with van der Waals surface area (Å²) in [6.45, 7) is 2.44. The van der Waals surface area contributed by atoms with Gasteiger partial charge in [-0.3, -0.25) is 4.79 Å². The topological polar surface area (TPSA) is 55.8 Å². The molecular weight excluding hydrogens is 434 g/mol. The van der Waals surface area contributed by atoms with E-state index in [0.717, 1.165) is 12.0 Å². The summed E-state index contributed by atoms with van der Waals surface area (Å²) in [6, 6.07) is 13.0. The zero-order valence-electron chi connectivity index (χ0n) is 14.8. The van der Waals surface area contributed by atoms with E-state index < -0.39 is 12.1 Å². The van der Waals surface area contributed by atoms with Gasteiger partial charge in [-0.15, -0.1) is 0 Å². The molecule has 7 heteroatoms. The summed E-state index contributed by atoms with van der Waals surface area (Å²) in [5, 5.41) is 0.555. The van der Waals surface area contributed by atoms with Gasteiger partial charge in [-0.05, 0) is 58.6 Å². The third kappa shape index (κ3) is 5.02. The summed E-state index contributed by atoms with van der Waals surface area (Å²) >= 11 is 9.18. The number of halogens is 2. The van der Waals surface area contributed by atoms with E-state index in [1.54, 1.807) is 30.0 Å². The fourth-order valence-electron chi connectivity index (χ4n) is 2.95. The molecule has 3 rings (SSSR count). The van der Waals surface area contributed by atoms with E-state index >= 15 is 0 Å². The fraction of sp³-hybridized carbons (Fsp3) is 0.300. The number of amides is 1. The number of ether oxygens (including phenoxy) is 2.